The van der Waals surface area contributed by atoms with Crippen LogP contribution < -0.4 is 5.32 Å². The monoisotopic (exact) mass is 261 g/mol. The van der Waals surface area contributed by atoms with Crippen molar-refractivity contribution >= 4 is 11.8 Å². The Morgan fingerprint density at radius 2 is 2.00 bits per heavy atom. The summed E-state index contributed by atoms with van der Waals surface area (Å²) in [5, 5.41) is 11.8. The standard InChI is InChI=1S/C13H12FN3O2/c14-10-4-2-1-3-9(10)5-6-16-12-11(13(18)19)15-7-8-17-12/h1-4,7-8H,5-6H2,(H,16,17)(H,18,19). The predicted molar refractivity (Wildman–Crippen MR) is 67.6 cm³/mol. The maximum absolute atomic E-state index is 13.4. The molecule has 0 amide bonds. The van der Waals surface area contributed by atoms with Crippen molar-refractivity contribution in [3.05, 3.63) is 53.7 Å². The van der Waals surface area contributed by atoms with Crippen LogP contribution in [0.5, 0.6) is 0 Å². The van der Waals surface area contributed by atoms with Gasteiger partial charge in [0.1, 0.15) is 5.82 Å². The number of aromatic carboxylic acids is 1. The van der Waals surface area contributed by atoms with E-state index in [9.17, 15) is 9.18 Å². The van der Waals surface area contributed by atoms with Crippen LogP contribution >= 0.6 is 0 Å². The van der Waals surface area contributed by atoms with Crippen LogP contribution in [0.1, 0.15) is 16.1 Å². The fourth-order valence-electron chi connectivity index (χ4n) is 1.64. The summed E-state index contributed by atoms with van der Waals surface area (Å²) in [6.07, 6.45) is 3.14. The molecule has 0 aliphatic rings. The molecule has 6 heteroatoms. The lowest BCUT2D eigenvalue weighted by atomic mass is 10.1. The summed E-state index contributed by atoms with van der Waals surface area (Å²) >= 11 is 0. The highest BCUT2D eigenvalue weighted by Gasteiger charge is 2.11. The maximum atomic E-state index is 13.4. The van der Waals surface area contributed by atoms with Gasteiger partial charge in [-0.25, -0.2) is 19.2 Å². The lowest BCUT2D eigenvalue weighted by Crippen LogP contribution is -2.13. The second kappa shape index (κ2) is 5.90. The number of benzene rings is 1. The van der Waals surface area contributed by atoms with Crippen molar-refractivity contribution in [2.24, 2.45) is 0 Å². The zero-order chi connectivity index (χ0) is 13.7. The van der Waals surface area contributed by atoms with Crippen molar-refractivity contribution in [3.8, 4) is 0 Å². The van der Waals surface area contributed by atoms with E-state index in [1.54, 1.807) is 18.2 Å². The number of halogens is 1. The molecule has 0 aliphatic heterocycles. The molecule has 98 valence electrons. The minimum atomic E-state index is -1.15. The van der Waals surface area contributed by atoms with Gasteiger partial charge < -0.3 is 10.4 Å². The summed E-state index contributed by atoms with van der Waals surface area (Å²) in [7, 11) is 0. The Kier molecular flexibility index (Phi) is 4.02. The predicted octanol–water partition coefficient (Wildman–Crippen LogP) is 1.97. The van der Waals surface area contributed by atoms with Gasteiger partial charge in [0.2, 0.25) is 0 Å². The molecule has 0 unspecified atom stereocenters. The third-order valence-electron chi connectivity index (χ3n) is 2.55. The Balaban J connectivity index is 2.00. The van der Waals surface area contributed by atoms with Crippen LogP contribution in [0.25, 0.3) is 0 Å². The highest BCUT2D eigenvalue weighted by molar-refractivity contribution is 5.90. The van der Waals surface area contributed by atoms with E-state index in [1.807, 2.05) is 0 Å². The molecule has 2 N–H and O–H groups in total. The van der Waals surface area contributed by atoms with E-state index in [0.717, 1.165) is 0 Å². The summed E-state index contributed by atoms with van der Waals surface area (Å²) in [5.41, 5.74) is 0.423. The SMILES string of the molecule is O=C(O)c1nccnc1NCCc1ccccc1F. The van der Waals surface area contributed by atoms with Crippen LogP contribution in [0, 0.1) is 5.82 Å². The van der Waals surface area contributed by atoms with Crippen LogP contribution in [-0.2, 0) is 6.42 Å². The first-order valence-electron chi connectivity index (χ1n) is 5.70. The highest BCUT2D eigenvalue weighted by atomic mass is 19.1. The second-order valence-corrected chi connectivity index (χ2v) is 3.83. The van der Waals surface area contributed by atoms with Gasteiger partial charge in [0.25, 0.3) is 0 Å². The molecule has 1 aromatic heterocycles. The van der Waals surface area contributed by atoms with Crippen molar-refractivity contribution in [1.82, 2.24) is 9.97 Å². The Labute approximate surface area is 109 Å². The first-order valence-corrected chi connectivity index (χ1v) is 5.70. The van der Waals surface area contributed by atoms with Crippen molar-refractivity contribution < 1.29 is 14.3 Å². The van der Waals surface area contributed by atoms with E-state index in [-0.39, 0.29) is 17.3 Å². The molecule has 0 spiro atoms. The smallest absolute Gasteiger partial charge is 0.358 e. The van der Waals surface area contributed by atoms with Crippen molar-refractivity contribution in [1.29, 1.82) is 0 Å². The van der Waals surface area contributed by atoms with Crippen molar-refractivity contribution in [2.45, 2.75) is 6.42 Å². The molecule has 0 saturated heterocycles. The van der Waals surface area contributed by atoms with Gasteiger partial charge in [-0.3, -0.25) is 0 Å². The third-order valence-corrected chi connectivity index (χ3v) is 2.55. The number of anilines is 1. The summed E-state index contributed by atoms with van der Waals surface area (Å²) in [6.45, 7) is 0.375. The molecule has 5 nitrogen and oxygen atoms in total. The van der Waals surface area contributed by atoms with E-state index >= 15 is 0 Å². The molecule has 0 radical (unpaired) electrons. The molecule has 1 heterocycles. The van der Waals surface area contributed by atoms with Crippen LogP contribution in [0.2, 0.25) is 0 Å². The molecule has 0 saturated carbocycles. The fraction of sp³-hybridized carbons (Fsp3) is 0.154. The number of hydrogen-bond donors (Lipinski definition) is 2. The molecule has 19 heavy (non-hydrogen) atoms. The van der Waals surface area contributed by atoms with Gasteiger partial charge in [0, 0.05) is 18.9 Å². The number of carboxylic acids is 1. The number of carboxylic acid groups (broad SMARTS) is 1. The number of rotatable bonds is 5. The highest BCUT2D eigenvalue weighted by Crippen LogP contribution is 2.10. The Hall–Kier alpha value is -2.50. The Morgan fingerprint density at radius 1 is 1.26 bits per heavy atom. The lowest BCUT2D eigenvalue weighted by molar-refractivity contribution is 0.0691. The van der Waals surface area contributed by atoms with Crippen LogP contribution in [0.4, 0.5) is 10.2 Å². The van der Waals surface area contributed by atoms with Crippen molar-refractivity contribution in [3.63, 3.8) is 0 Å². The second-order valence-electron chi connectivity index (χ2n) is 3.83. The molecule has 0 bridgehead atoms. The number of nitrogens with one attached hydrogen (secondary N) is 1. The zero-order valence-electron chi connectivity index (χ0n) is 10.0. The molecular weight excluding hydrogens is 249 g/mol. The fourth-order valence-corrected chi connectivity index (χ4v) is 1.64. The molecule has 0 aliphatic carbocycles. The van der Waals surface area contributed by atoms with Gasteiger partial charge in [-0.2, -0.15) is 0 Å². The van der Waals surface area contributed by atoms with Gasteiger partial charge in [-0.1, -0.05) is 18.2 Å². The largest absolute Gasteiger partial charge is 0.476 e. The third kappa shape index (κ3) is 3.25. The molecule has 0 atom stereocenters. The molecule has 1 aromatic carbocycles. The first-order chi connectivity index (χ1) is 9.18. The summed E-state index contributed by atoms with van der Waals surface area (Å²) in [5.74, 6) is -1.24. The number of nitrogens with zero attached hydrogens (tertiary/aromatic N) is 2. The molecule has 0 fully saturated rings. The number of aromatic nitrogens is 2. The molecule has 2 rings (SSSR count). The zero-order valence-corrected chi connectivity index (χ0v) is 10.0. The first kappa shape index (κ1) is 12.9. The summed E-state index contributed by atoms with van der Waals surface area (Å²) in [6, 6.07) is 6.45. The van der Waals surface area contributed by atoms with Gasteiger partial charge >= 0.3 is 5.97 Å². The average molecular weight is 261 g/mol. The van der Waals surface area contributed by atoms with Crippen LogP contribution in [-0.4, -0.2) is 27.6 Å². The van der Waals surface area contributed by atoms with E-state index in [1.165, 1.54) is 18.5 Å². The quantitative estimate of drug-likeness (QED) is 0.860. The Morgan fingerprint density at radius 3 is 2.74 bits per heavy atom. The maximum Gasteiger partial charge on any atom is 0.358 e. The normalized spacial score (nSPS) is 10.2. The lowest BCUT2D eigenvalue weighted by Gasteiger charge is -2.07. The van der Waals surface area contributed by atoms with Gasteiger partial charge in [-0.05, 0) is 18.1 Å². The molecular formula is C13H12FN3O2. The Bertz CT molecular complexity index is 590. The number of carbonyl (C=O) groups is 1. The summed E-state index contributed by atoms with van der Waals surface area (Å²) < 4.78 is 13.4. The topological polar surface area (TPSA) is 75.1 Å². The van der Waals surface area contributed by atoms with Crippen LogP contribution in [0.15, 0.2) is 36.7 Å². The van der Waals surface area contributed by atoms with Gasteiger partial charge in [0.15, 0.2) is 11.5 Å². The number of hydrogen-bond acceptors (Lipinski definition) is 4. The molecule has 2 aromatic rings. The van der Waals surface area contributed by atoms with E-state index < -0.39 is 5.97 Å². The van der Waals surface area contributed by atoms with E-state index in [4.69, 9.17) is 5.11 Å². The van der Waals surface area contributed by atoms with Gasteiger partial charge in [-0.15, -0.1) is 0 Å². The minimum Gasteiger partial charge on any atom is -0.476 e. The average Bonchev–Trinajstić information content (AvgIpc) is 2.41. The van der Waals surface area contributed by atoms with Crippen molar-refractivity contribution in [2.75, 3.05) is 11.9 Å². The summed E-state index contributed by atoms with van der Waals surface area (Å²) in [4.78, 5) is 18.5. The van der Waals surface area contributed by atoms with E-state index in [0.29, 0.717) is 18.5 Å². The minimum absolute atomic E-state index is 0.143. The van der Waals surface area contributed by atoms with E-state index in [2.05, 4.69) is 15.3 Å². The van der Waals surface area contributed by atoms with Crippen LogP contribution in [0.3, 0.4) is 0 Å². The van der Waals surface area contributed by atoms with Gasteiger partial charge in [0.05, 0.1) is 0 Å².